The van der Waals surface area contributed by atoms with E-state index in [-0.39, 0.29) is 17.0 Å². The second kappa shape index (κ2) is 8.25. The molecule has 0 aliphatic heterocycles. The SMILES string of the molecule is CC(=NNC(=O)c1ccc(O)cc1O)c1c(C(F)(F)F)[nH]n(-c2ccc(C)c(C)c2)c1=O. The first kappa shape index (κ1) is 22.7. The number of H-pyrrole nitrogens is 1. The minimum atomic E-state index is -4.89. The number of phenols is 2. The lowest BCUT2D eigenvalue weighted by molar-refractivity contribution is -0.141. The zero-order valence-electron chi connectivity index (χ0n) is 17.2. The van der Waals surface area contributed by atoms with E-state index in [0.29, 0.717) is 0 Å². The number of benzene rings is 2. The van der Waals surface area contributed by atoms with Crippen LogP contribution in [0.3, 0.4) is 0 Å². The number of rotatable bonds is 4. The van der Waals surface area contributed by atoms with Gasteiger partial charge in [0.25, 0.3) is 11.5 Å². The fourth-order valence-corrected chi connectivity index (χ4v) is 2.99. The van der Waals surface area contributed by atoms with Crippen LogP contribution in [0.4, 0.5) is 13.2 Å². The molecule has 8 nitrogen and oxygen atoms in total. The summed E-state index contributed by atoms with van der Waals surface area (Å²) in [5.74, 6) is -1.78. The summed E-state index contributed by atoms with van der Waals surface area (Å²) in [6.45, 7) is 4.73. The molecule has 1 heterocycles. The van der Waals surface area contributed by atoms with Gasteiger partial charge in [-0.1, -0.05) is 6.07 Å². The molecule has 0 saturated carbocycles. The van der Waals surface area contributed by atoms with E-state index in [1.165, 1.54) is 6.07 Å². The number of halogens is 3. The van der Waals surface area contributed by atoms with Crippen molar-refractivity contribution in [3.05, 3.63) is 74.7 Å². The van der Waals surface area contributed by atoms with Crippen LogP contribution < -0.4 is 11.0 Å². The van der Waals surface area contributed by atoms with Gasteiger partial charge < -0.3 is 10.2 Å². The van der Waals surface area contributed by atoms with Crippen molar-refractivity contribution < 1.29 is 28.2 Å². The molecule has 0 atom stereocenters. The molecule has 4 N–H and O–H groups in total. The van der Waals surface area contributed by atoms with Crippen LogP contribution in [0.5, 0.6) is 11.5 Å². The topological polar surface area (TPSA) is 120 Å². The van der Waals surface area contributed by atoms with Crippen LogP contribution in [0.15, 0.2) is 46.3 Å². The Labute approximate surface area is 179 Å². The maximum Gasteiger partial charge on any atom is 0.433 e. The molecule has 3 aromatic rings. The van der Waals surface area contributed by atoms with Gasteiger partial charge in [0, 0.05) is 6.07 Å². The van der Waals surface area contributed by atoms with E-state index in [4.69, 9.17) is 0 Å². The van der Waals surface area contributed by atoms with Crippen LogP contribution >= 0.6 is 0 Å². The zero-order valence-corrected chi connectivity index (χ0v) is 17.2. The molecule has 0 aliphatic carbocycles. The van der Waals surface area contributed by atoms with Crippen LogP contribution in [0.2, 0.25) is 0 Å². The summed E-state index contributed by atoms with van der Waals surface area (Å²) in [7, 11) is 0. The van der Waals surface area contributed by atoms with Gasteiger partial charge in [-0.25, -0.2) is 10.1 Å². The molecule has 0 saturated heterocycles. The third-order valence-corrected chi connectivity index (χ3v) is 4.84. The molecule has 0 unspecified atom stereocenters. The van der Waals surface area contributed by atoms with Crippen LogP contribution in [0.25, 0.3) is 5.69 Å². The Balaban J connectivity index is 2.03. The summed E-state index contributed by atoms with van der Waals surface area (Å²) in [4.78, 5) is 25.1. The number of hydrazone groups is 1. The van der Waals surface area contributed by atoms with E-state index in [1.54, 1.807) is 19.1 Å². The number of aromatic nitrogens is 2. The number of aryl methyl sites for hydroxylation is 2. The minimum Gasteiger partial charge on any atom is -0.508 e. The van der Waals surface area contributed by atoms with E-state index in [9.17, 15) is 33.0 Å². The molecule has 0 fully saturated rings. The van der Waals surface area contributed by atoms with E-state index >= 15 is 0 Å². The summed E-state index contributed by atoms with van der Waals surface area (Å²) in [5, 5.41) is 24.7. The van der Waals surface area contributed by atoms with E-state index in [0.717, 1.165) is 40.9 Å². The highest BCUT2D eigenvalue weighted by molar-refractivity contribution is 6.02. The summed E-state index contributed by atoms with van der Waals surface area (Å²) >= 11 is 0. The van der Waals surface area contributed by atoms with E-state index < -0.39 is 40.4 Å². The molecule has 11 heteroatoms. The number of aromatic amines is 1. The van der Waals surface area contributed by atoms with Crippen molar-refractivity contribution in [1.29, 1.82) is 0 Å². The summed E-state index contributed by atoms with van der Waals surface area (Å²) < 4.78 is 41.7. The molecule has 0 aliphatic rings. The number of amides is 1. The summed E-state index contributed by atoms with van der Waals surface area (Å²) in [6.07, 6.45) is -4.89. The van der Waals surface area contributed by atoms with Gasteiger partial charge in [-0.3, -0.25) is 14.7 Å². The number of hydrogen-bond donors (Lipinski definition) is 4. The lowest BCUT2D eigenvalue weighted by atomic mass is 10.1. The summed E-state index contributed by atoms with van der Waals surface area (Å²) in [5.41, 5.74) is 0.171. The third-order valence-electron chi connectivity index (χ3n) is 4.84. The normalized spacial score (nSPS) is 12.1. The monoisotopic (exact) mass is 448 g/mol. The third kappa shape index (κ3) is 4.36. The number of carbonyl (C=O) groups is 1. The Morgan fingerprint density at radius 1 is 1.09 bits per heavy atom. The number of phenolic OH excluding ortho intramolecular Hbond substituents is 2. The molecule has 0 bridgehead atoms. The van der Waals surface area contributed by atoms with Crippen molar-refractivity contribution in [2.45, 2.75) is 26.9 Å². The van der Waals surface area contributed by atoms with Crippen molar-refractivity contribution in [1.82, 2.24) is 15.2 Å². The Morgan fingerprint density at radius 3 is 2.38 bits per heavy atom. The van der Waals surface area contributed by atoms with Gasteiger partial charge in [0.15, 0.2) is 5.69 Å². The molecular weight excluding hydrogens is 429 g/mol. The van der Waals surface area contributed by atoms with Crippen molar-refractivity contribution in [3.8, 4) is 17.2 Å². The molecule has 32 heavy (non-hydrogen) atoms. The molecule has 1 aromatic heterocycles. The number of carbonyl (C=O) groups excluding carboxylic acids is 1. The minimum absolute atomic E-state index is 0.209. The fraction of sp³-hybridized carbons (Fsp3) is 0.190. The van der Waals surface area contributed by atoms with Gasteiger partial charge in [-0.05, 0) is 56.2 Å². The van der Waals surface area contributed by atoms with Gasteiger partial charge in [0.05, 0.1) is 22.5 Å². The summed E-state index contributed by atoms with van der Waals surface area (Å²) in [6, 6.07) is 7.92. The fourth-order valence-electron chi connectivity index (χ4n) is 2.99. The number of aromatic hydroxyl groups is 2. The van der Waals surface area contributed by atoms with Crippen molar-refractivity contribution in [2.75, 3.05) is 0 Å². The Morgan fingerprint density at radius 2 is 1.78 bits per heavy atom. The van der Waals surface area contributed by atoms with Gasteiger partial charge in [0.1, 0.15) is 11.5 Å². The van der Waals surface area contributed by atoms with Gasteiger partial charge in [-0.2, -0.15) is 18.3 Å². The molecule has 3 rings (SSSR count). The van der Waals surface area contributed by atoms with Crippen LogP contribution in [0, 0.1) is 13.8 Å². The van der Waals surface area contributed by atoms with Gasteiger partial charge in [0.2, 0.25) is 0 Å². The first-order valence-electron chi connectivity index (χ1n) is 9.27. The van der Waals surface area contributed by atoms with Crippen molar-refractivity contribution in [3.63, 3.8) is 0 Å². The smallest absolute Gasteiger partial charge is 0.433 e. The number of nitrogens with one attached hydrogen (secondary N) is 2. The highest BCUT2D eigenvalue weighted by Crippen LogP contribution is 2.30. The molecule has 2 aromatic carbocycles. The number of nitrogens with zero attached hydrogens (tertiary/aromatic N) is 2. The number of alkyl halides is 3. The maximum atomic E-state index is 13.6. The first-order chi connectivity index (χ1) is 14.9. The Kier molecular flexibility index (Phi) is 5.84. The number of hydrogen-bond acceptors (Lipinski definition) is 5. The highest BCUT2D eigenvalue weighted by Gasteiger charge is 2.39. The Hall–Kier alpha value is -4.02. The second-order valence-electron chi connectivity index (χ2n) is 7.11. The zero-order chi connectivity index (χ0) is 23.8. The second-order valence-corrected chi connectivity index (χ2v) is 7.11. The van der Waals surface area contributed by atoms with E-state index in [2.05, 4.69) is 10.2 Å². The lowest BCUT2D eigenvalue weighted by Gasteiger charge is -2.07. The van der Waals surface area contributed by atoms with Gasteiger partial charge >= 0.3 is 6.18 Å². The largest absolute Gasteiger partial charge is 0.508 e. The Bertz CT molecular complexity index is 1290. The molecule has 168 valence electrons. The maximum absolute atomic E-state index is 13.6. The van der Waals surface area contributed by atoms with Crippen LogP contribution in [-0.2, 0) is 6.18 Å². The van der Waals surface area contributed by atoms with E-state index in [1.807, 2.05) is 12.3 Å². The molecule has 0 spiro atoms. The lowest BCUT2D eigenvalue weighted by Crippen LogP contribution is -2.24. The average molecular weight is 448 g/mol. The predicted octanol–water partition coefficient (Wildman–Crippen LogP) is 3.37. The van der Waals surface area contributed by atoms with Crippen molar-refractivity contribution in [2.24, 2.45) is 5.10 Å². The molecule has 1 amide bonds. The van der Waals surface area contributed by atoms with Crippen molar-refractivity contribution >= 4 is 11.6 Å². The first-order valence-corrected chi connectivity index (χ1v) is 9.27. The average Bonchev–Trinajstić information content (AvgIpc) is 3.05. The van der Waals surface area contributed by atoms with Crippen LogP contribution in [-0.4, -0.2) is 31.6 Å². The quantitative estimate of drug-likeness (QED) is 0.361. The standard InChI is InChI=1S/C21H19F3N4O4/c1-10-4-5-13(8-11(10)2)28-20(32)17(18(27-28)21(22,23)24)12(3)25-26-19(31)15-7-6-14(29)9-16(15)30/h4-9,27,29-30H,1-3H3,(H,26,31). The predicted molar refractivity (Wildman–Crippen MR) is 110 cm³/mol. The van der Waals surface area contributed by atoms with Crippen LogP contribution in [0.1, 0.15) is 39.7 Å². The molecular formula is C21H19F3N4O4. The van der Waals surface area contributed by atoms with Gasteiger partial charge in [-0.15, -0.1) is 0 Å². The highest BCUT2D eigenvalue weighted by atomic mass is 19.4. The molecule has 0 radical (unpaired) electrons.